The van der Waals surface area contributed by atoms with Crippen LogP contribution in [0.3, 0.4) is 0 Å². The lowest BCUT2D eigenvalue weighted by atomic mass is 10.1. The Bertz CT molecular complexity index is 914. The molecule has 0 atom stereocenters. The molecule has 2 N–H and O–H groups in total. The van der Waals surface area contributed by atoms with Gasteiger partial charge in [0, 0.05) is 6.54 Å². The van der Waals surface area contributed by atoms with Gasteiger partial charge in [0.15, 0.2) is 5.82 Å². The zero-order valence-corrected chi connectivity index (χ0v) is 14.6. The number of benzene rings is 2. The first-order valence-corrected chi connectivity index (χ1v) is 8.10. The fourth-order valence-corrected chi connectivity index (χ4v) is 2.44. The Kier molecular flexibility index (Phi) is 5.38. The molecule has 0 amide bonds. The zero-order valence-electron chi connectivity index (χ0n) is 14.6. The predicted octanol–water partition coefficient (Wildman–Crippen LogP) is 3.32. The predicted molar refractivity (Wildman–Crippen MR) is 99.4 cm³/mol. The summed E-state index contributed by atoms with van der Waals surface area (Å²) in [6.07, 6.45) is 1.55. The van der Waals surface area contributed by atoms with Crippen LogP contribution in [0, 0.1) is 6.92 Å². The van der Waals surface area contributed by atoms with E-state index in [1.54, 1.807) is 24.4 Å². The summed E-state index contributed by atoms with van der Waals surface area (Å²) in [6, 6.07) is 15.1. The van der Waals surface area contributed by atoms with Crippen molar-refractivity contribution < 1.29 is 9.53 Å². The van der Waals surface area contributed by atoms with Gasteiger partial charge in [0.25, 0.3) is 0 Å². The van der Waals surface area contributed by atoms with Crippen molar-refractivity contribution in [2.75, 3.05) is 17.7 Å². The highest BCUT2D eigenvalue weighted by atomic mass is 16.5. The van der Waals surface area contributed by atoms with Crippen molar-refractivity contribution >= 4 is 23.4 Å². The lowest BCUT2D eigenvalue weighted by molar-refractivity contribution is 0.0602. The van der Waals surface area contributed by atoms with Crippen LogP contribution in [0.25, 0.3) is 0 Å². The molecule has 132 valence electrons. The highest BCUT2D eigenvalue weighted by Gasteiger charge is 2.12. The summed E-state index contributed by atoms with van der Waals surface area (Å²) in [5, 5.41) is 14.2. The molecular weight excluding hydrogens is 330 g/mol. The van der Waals surface area contributed by atoms with Crippen molar-refractivity contribution in [3.05, 3.63) is 71.4 Å². The average Bonchev–Trinajstić information content (AvgIpc) is 2.67. The summed E-state index contributed by atoms with van der Waals surface area (Å²) in [7, 11) is 1.34. The Morgan fingerprint density at radius 3 is 2.69 bits per heavy atom. The van der Waals surface area contributed by atoms with E-state index >= 15 is 0 Å². The summed E-state index contributed by atoms with van der Waals surface area (Å²) in [4.78, 5) is 16.2. The van der Waals surface area contributed by atoms with Gasteiger partial charge in [0.2, 0.25) is 5.95 Å². The van der Waals surface area contributed by atoms with E-state index in [1.807, 2.05) is 18.2 Å². The van der Waals surface area contributed by atoms with E-state index in [0.29, 0.717) is 23.6 Å². The van der Waals surface area contributed by atoms with Crippen molar-refractivity contribution in [3.63, 3.8) is 0 Å². The number of carbonyl (C=O) groups is 1. The fourth-order valence-electron chi connectivity index (χ4n) is 2.44. The van der Waals surface area contributed by atoms with E-state index in [9.17, 15) is 4.79 Å². The highest BCUT2D eigenvalue weighted by molar-refractivity contribution is 5.96. The van der Waals surface area contributed by atoms with Gasteiger partial charge >= 0.3 is 5.97 Å². The molecule has 0 radical (unpaired) electrons. The molecule has 0 bridgehead atoms. The Labute approximate surface area is 151 Å². The largest absolute Gasteiger partial charge is 0.465 e. The van der Waals surface area contributed by atoms with Crippen LogP contribution in [0.1, 0.15) is 21.5 Å². The van der Waals surface area contributed by atoms with Gasteiger partial charge in [0.1, 0.15) is 0 Å². The maximum absolute atomic E-state index is 11.9. The number of aromatic nitrogens is 3. The quantitative estimate of drug-likeness (QED) is 0.660. The van der Waals surface area contributed by atoms with Crippen LogP contribution < -0.4 is 10.6 Å². The average molecular weight is 349 g/mol. The zero-order chi connectivity index (χ0) is 18.4. The van der Waals surface area contributed by atoms with Crippen LogP contribution >= 0.6 is 0 Å². The first-order chi connectivity index (χ1) is 12.7. The van der Waals surface area contributed by atoms with Gasteiger partial charge in [-0.15, -0.1) is 5.10 Å². The Balaban J connectivity index is 1.74. The van der Waals surface area contributed by atoms with Gasteiger partial charge in [-0.2, -0.15) is 10.1 Å². The van der Waals surface area contributed by atoms with E-state index in [4.69, 9.17) is 4.74 Å². The first kappa shape index (κ1) is 17.3. The molecule has 26 heavy (non-hydrogen) atoms. The topological polar surface area (TPSA) is 89.0 Å². The number of aryl methyl sites for hydroxylation is 1. The molecule has 0 aliphatic heterocycles. The van der Waals surface area contributed by atoms with Crippen LogP contribution in [0.5, 0.6) is 0 Å². The molecule has 1 heterocycles. The normalized spacial score (nSPS) is 10.2. The molecule has 0 saturated carbocycles. The molecule has 0 spiro atoms. The number of anilines is 3. The third-order valence-corrected chi connectivity index (χ3v) is 3.86. The van der Waals surface area contributed by atoms with Gasteiger partial charge in [-0.25, -0.2) is 4.79 Å². The summed E-state index contributed by atoms with van der Waals surface area (Å²) in [5.74, 6) is 0.437. The number of nitrogens with zero attached hydrogens (tertiary/aromatic N) is 3. The molecule has 7 nitrogen and oxygen atoms in total. The van der Waals surface area contributed by atoms with Crippen molar-refractivity contribution in [2.45, 2.75) is 13.5 Å². The van der Waals surface area contributed by atoms with Gasteiger partial charge < -0.3 is 15.4 Å². The number of para-hydroxylation sites is 1. The van der Waals surface area contributed by atoms with Gasteiger partial charge in [-0.3, -0.25) is 0 Å². The van der Waals surface area contributed by atoms with Crippen LogP contribution in [0.4, 0.5) is 17.5 Å². The smallest absolute Gasteiger partial charge is 0.339 e. The van der Waals surface area contributed by atoms with Gasteiger partial charge in [-0.1, -0.05) is 36.4 Å². The summed E-state index contributed by atoms with van der Waals surface area (Å²) in [6.45, 7) is 2.69. The van der Waals surface area contributed by atoms with E-state index in [1.165, 1.54) is 18.2 Å². The number of ether oxygens (including phenoxy) is 1. The fraction of sp³-hybridized carbons (Fsp3) is 0.158. The minimum Gasteiger partial charge on any atom is -0.465 e. The lowest BCUT2D eigenvalue weighted by Gasteiger charge is -2.11. The van der Waals surface area contributed by atoms with Gasteiger partial charge in [0.05, 0.1) is 24.6 Å². The highest BCUT2D eigenvalue weighted by Crippen LogP contribution is 2.20. The van der Waals surface area contributed by atoms with E-state index in [2.05, 4.69) is 44.9 Å². The second-order valence-corrected chi connectivity index (χ2v) is 5.61. The van der Waals surface area contributed by atoms with Crippen molar-refractivity contribution in [1.29, 1.82) is 0 Å². The van der Waals surface area contributed by atoms with E-state index in [0.717, 1.165) is 0 Å². The van der Waals surface area contributed by atoms with Crippen LogP contribution in [-0.2, 0) is 11.3 Å². The standard InChI is InChI=1S/C19H19N5O2/c1-13-7-3-4-8-14(13)11-20-17-12-21-24-19(23-17)22-16-10-6-5-9-15(16)18(25)26-2/h3-10,12H,11H2,1-2H3,(H2,20,22,23,24). The van der Waals surface area contributed by atoms with Crippen LogP contribution in [-0.4, -0.2) is 28.3 Å². The SMILES string of the molecule is COC(=O)c1ccccc1Nc1nncc(NCc2ccccc2C)n1. The molecule has 0 unspecified atom stereocenters. The number of hydrogen-bond donors (Lipinski definition) is 2. The Morgan fingerprint density at radius 2 is 1.88 bits per heavy atom. The number of rotatable bonds is 6. The Morgan fingerprint density at radius 1 is 1.12 bits per heavy atom. The summed E-state index contributed by atoms with van der Waals surface area (Å²) in [5.41, 5.74) is 3.33. The number of hydrogen-bond acceptors (Lipinski definition) is 7. The summed E-state index contributed by atoms with van der Waals surface area (Å²) < 4.78 is 4.79. The molecular formula is C19H19N5O2. The second-order valence-electron chi connectivity index (χ2n) is 5.61. The van der Waals surface area contributed by atoms with Crippen molar-refractivity contribution in [2.24, 2.45) is 0 Å². The number of methoxy groups -OCH3 is 1. The van der Waals surface area contributed by atoms with Gasteiger partial charge in [-0.05, 0) is 30.2 Å². The molecule has 3 aromatic rings. The molecule has 7 heteroatoms. The number of carbonyl (C=O) groups excluding carboxylic acids is 1. The molecule has 0 aliphatic carbocycles. The maximum Gasteiger partial charge on any atom is 0.339 e. The molecule has 2 aromatic carbocycles. The molecule has 1 aromatic heterocycles. The van der Waals surface area contributed by atoms with Crippen molar-refractivity contribution in [3.8, 4) is 0 Å². The third kappa shape index (κ3) is 4.13. The van der Waals surface area contributed by atoms with Crippen LogP contribution in [0.15, 0.2) is 54.7 Å². The van der Waals surface area contributed by atoms with E-state index in [-0.39, 0.29) is 5.95 Å². The van der Waals surface area contributed by atoms with Crippen LogP contribution in [0.2, 0.25) is 0 Å². The Hall–Kier alpha value is -3.48. The molecule has 3 rings (SSSR count). The first-order valence-electron chi connectivity index (χ1n) is 8.10. The summed E-state index contributed by atoms with van der Waals surface area (Å²) >= 11 is 0. The van der Waals surface area contributed by atoms with E-state index < -0.39 is 5.97 Å². The minimum absolute atomic E-state index is 0.288. The molecule has 0 saturated heterocycles. The maximum atomic E-state index is 11.9. The minimum atomic E-state index is -0.435. The number of esters is 1. The van der Waals surface area contributed by atoms with Crippen molar-refractivity contribution in [1.82, 2.24) is 15.2 Å². The second kappa shape index (κ2) is 8.06. The number of nitrogens with one attached hydrogen (secondary N) is 2. The lowest BCUT2D eigenvalue weighted by Crippen LogP contribution is -2.09. The molecule has 0 aliphatic rings. The molecule has 0 fully saturated rings. The monoisotopic (exact) mass is 349 g/mol. The third-order valence-electron chi connectivity index (χ3n) is 3.86.